The fourth-order valence-corrected chi connectivity index (χ4v) is 5.61. The van der Waals surface area contributed by atoms with Crippen LogP contribution < -0.4 is 5.56 Å². The van der Waals surface area contributed by atoms with Crippen LogP contribution in [0.15, 0.2) is 76.0 Å². The Bertz CT molecular complexity index is 1520. The van der Waals surface area contributed by atoms with Gasteiger partial charge in [0.15, 0.2) is 5.16 Å². The number of thiophene rings is 1. The fraction of sp³-hybridized carbons (Fsp3) is 0.208. The fourth-order valence-electron chi connectivity index (χ4n) is 3.90. The number of halogens is 3. The van der Waals surface area contributed by atoms with E-state index in [2.05, 4.69) is 17.1 Å². The summed E-state index contributed by atoms with van der Waals surface area (Å²) in [4.78, 5) is 13.3. The summed E-state index contributed by atoms with van der Waals surface area (Å²) in [5, 5.41) is 11.0. The number of rotatable bonds is 6. The van der Waals surface area contributed by atoms with Crippen molar-refractivity contribution in [2.75, 3.05) is 0 Å². The summed E-state index contributed by atoms with van der Waals surface area (Å²) in [6, 6.07) is 17.0. The third-order valence-electron chi connectivity index (χ3n) is 5.63. The molecule has 0 spiro atoms. The average Bonchev–Trinajstić information content (AvgIpc) is 3.48. The molecule has 0 amide bonds. The molecule has 3 heterocycles. The minimum absolute atomic E-state index is 0.0676. The molecule has 0 aliphatic carbocycles. The number of benzene rings is 2. The van der Waals surface area contributed by atoms with E-state index >= 15 is 0 Å². The second-order valence-electron chi connectivity index (χ2n) is 7.97. The molecule has 2 aromatic carbocycles. The number of alkyl halides is 3. The molecule has 1 atom stereocenters. The van der Waals surface area contributed by atoms with Crippen LogP contribution in [0.4, 0.5) is 13.2 Å². The maximum absolute atomic E-state index is 13.3. The Balaban J connectivity index is 1.52. The van der Waals surface area contributed by atoms with Crippen LogP contribution in [0.1, 0.15) is 29.5 Å². The van der Waals surface area contributed by atoms with Crippen molar-refractivity contribution in [2.24, 2.45) is 0 Å². The predicted octanol–water partition coefficient (Wildman–Crippen LogP) is 6.22. The molecule has 0 aliphatic rings. The number of nitrogens with zero attached hydrogens (tertiary/aromatic N) is 4. The van der Waals surface area contributed by atoms with Gasteiger partial charge in [-0.15, -0.1) is 21.5 Å². The van der Waals surface area contributed by atoms with Crippen LogP contribution in [0.3, 0.4) is 0 Å². The molecule has 0 bridgehead atoms. The van der Waals surface area contributed by atoms with E-state index in [9.17, 15) is 18.0 Å². The Morgan fingerprint density at radius 1 is 1.06 bits per heavy atom. The van der Waals surface area contributed by atoms with Gasteiger partial charge in [0.05, 0.1) is 11.1 Å². The van der Waals surface area contributed by atoms with E-state index in [4.69, 9.17) is 0 Å². The quantitative estimate of drug-likeness (QED) is 0.260. The molecule has 0 N–H and O–H groups in total. The SMILES string of the molecule is CC(Cn1c(=O)c2sccc2n2c(SCc3cccc(C(F)(F)F)c3)nnc12)c1ccccc1. The summed E-state index contributed by atoms with van der Waals surface area (Å²) in [7, 11) is 0. The third-order valence-corrected chi connectivity index (χ3v) is 7.52. The van der Waals surface area contributed by atoms with Crippen LogP contribution in [0.25, 0.3) is 16.0 Å². The summed E-state index contributed by atoms with van der Waals surface area (Å²) in [5.41, 5.74) is 1.54. The highest BCUT2D eigenvalue weighted by atomic mass is 32.2. The molecule has 5 nitrogen and oxygen atoms in total. The Labute approximate surface area is 200 Å². The normalized spacial score (nSPS) is 13.1. The van der Waals surface area contributed by atoms with Crippen molar-refractivity contribution >= 4 is 39.1 Å². The highest BCUT2D eigenvalue weighted by molar-refractivity contribution is 7.98. The number of hydrogen-bond donors (Lipinski definition) is 0. The Morgan fingerprint density at radius 2 is 1.85 bits per heavy atom. The zero-order chi connectivity index (χ0) is 23.9. The Morgan fingerprint density at radius 3 is 2.62 bits per heavy atom. The van der Waals surface area contributed by atoms with Gasteiger partial charge in [-0.3, -0.25) is 13.8 Å². The topological polar surface area (TPSA) is 52.2 Å². The van der Waals surface area contributed by atoms with Gasteiger partial charge < -0.3 is 0 Å². The van der Waals surface area contributed by atoms with Crippen molar-refractivity contribution < 1.29 is 13.2 Å². The first kappa shape index (κ1) is 22.7. The first-order chi connectivity index (χ1) is 16.3. The largest absolute Gasteiger partial charge is 0.416 e. The number of hydrogen-bond acceptors (Lipinski definition) is 5. The lowest BCUT2D eigenvalue weighted by molar-refractivity contribution is -0.137. The molecule has 5 aromatic rings. The van der Waals surface area contributed by atoms with Gasteiger partial charge >= 0.3 is 6.18 Å². The zero-order valence-electron chi connectivity index (χ0n) is 18.0. The minimum Gasteiger partial charge on any atom is -0.275 e. The number of thioether (sulfide) groups is 1. The standard InChI is InChI=1S/C24H19F3N4OS2/c1-15(17-7-3-2-4-8-17)13-30-21(32)20-19(10-11-33-20)31-22(30)28-29-23(31)34-14-16-6-5-9-18(12-16)24(25,26)27/h2-12,15H,13-14H2,1H3. The van der Waals surface area contributed by atoms with E-state index in [1.165, 1.54) is 29.2 Å². The summed E-state index contributed by atoms with van der Waals surface area (Å²) in [6.07, 6.45) is -4.39. The molecule has 0 saturated heterocycles. The van der Waals surface area contributed by atoms with Crippen LogP contribution in [0.2, 0.25) is 0 Å². The predicted molar refractivity (Wildman–Crippen MR) is 128 cm³/mol. The van der Waals surface area contributed by atoms with E-state index in [-0.39, 0.29) is 17.2 Å². The van der Waals surface area contributed by atoms with Crippen LogP contribution >= 0.6 is 23.1 Å². The zero-order valence-corrected chi connectivity index (χ0v) is 19.6. The molecular formula is C24H19F3N4OS2. The summed E-state index contributed by atoms with van der Waals surface area (Å²) in [6.45, 7) is 2.48. The van der Waals surface area contributed by atoms with E-state index in [1.54, 1.807) is 10.6 Å². The second-order valence-corrected chi connectivity index (χ2v) is 9.83. The minimum atomic E-state index is -4.39. The highest BCUT2D eigenvalue weighted by Crippen LogP contribution is 2.32. The van der Waals surface area contributed by atoms with Gasteiger partial charge in [-0.2, -0.15) is 13.2 Å². The molecule has 5 rings (SSSR count). The first-order valence-electron chi connectivity index (χ1n) is 10.5. The summed E-state index contributed by atoms with van der Waals surface area (Å²) in [5.74, 6) is 0.777. The summed E-state index contributed by atoms with van der Waals surface area (Å²) < 4.78 is 43.3. The first-order valence-corrected chi connectivity index (χ1v) is 12.4. The highest BCUT2D eigenvalue weighted by Gasteiger charge is 2.30. The van der Waals surface area contributed by atoms with Crippen molar-refractivity contribution in [3.63, 3.8) is 0 Å². The molecule has 34 heavy (non-hydrogen) atoms. The van der Waals surface area contributed by atoms with Crippen molar-refractivity contribution in [1.29, 1.82) is 0 Å². The van der Waals surface area contributed by atoms with Gasteiger partial charge in [-0.05, 0) is 34.6 Å². The van der Waals surface area contributed by atoms with Gasteiger partial charge in [0.2, 0.25) is 5.78 Å². The van der Waals surface area contributed by atoms with E-state index in [1.807, 2.05) is 46.2 Å². The van der Waals surface area contributed by atoms with E-state index < -0.39 is 11.7 Å². The number of fused-ring (bicyclic) bond motifs is 3. The molecule has 0 aliphatic heterocycles. The molecule has 0 fully saturated rings. The third kappa shape index (κ3) is 4.23. The van der Waals surface area contributed by atoms with Crippen molar-refractivity contribution in [3.05, 3.63) is 93.1 Å². The maximum Gasteiger partial charge on any atom is 0.416 e. The van der Waals surface area contributed by atoms with Crippen molar-refractivity contribution in [3.8, 4) is 0 Å². The summed E-state index contributed by atoms with van der Waals surface area (Å²) >= 11 is 2.64. The number of aromatic nitrogens is 4. The second kappa shape index (κ2) is 8.92. The van der Waals surface area contributed by atoms with Gasteiger partial charge in [0.25, 0.3) is 5.56 Å². The average molecular weight is 501 g/mol. The molecule has 1 unspecified atom stereocenters. The van der Waals surface area contributed by atoms with Crippen LogP contribution in [0.5, 0.6) is 0 Å². The Hall–Kier alpha value is -3.11. The molecule has 0 saturated carbocycles. The van der Waals surface area contributed by atoms with Crippen molar-refractivity contribution in [2.45, 2.75) is 36.5 Å². The van der Waals surface area contributed by atoms with Gasteiger partial charge in [0.1, 0.15) is 4.70 Å². The van der Waals surface area contributed by atoms with Crippen LogP contribution in [-0.2, 0) is 18.5 Å². The van der Waals surface area contributed by atoms with Crippen LogP contribution in [-0.4, -0.2) is 19.2 Å². The van der Waals surface area contributed by atoms with E-state index in [0.717, 1.165) is 17.7 Å². The lowest BCUT2D eigenvalue weighted by Gasteiger charge is -2.15. The molecule has 0 radical (unpaired) electrons. The smallest absolute Gasteiger partial charge is 0.275 e. The van der Waals surface area contributed by atoms with Gasteiger partial charge in [0, 0.05) is 12.3 Å². The molecular weight excluding hydrogens is 481 g/mol. The lowest BCUT2D eigenvalue weighted by atomic mass is 10.0. The van der Waals surface area contributed by atoms with Gasteiger partial charge in [-0.1, -0.05) is 67.2 Å². The lowest BCUT2D eigenvalue weighted by Crippen LogP contribution is -2.24. The molecule has 174 valence electrons. The van der Waals surface area contributed by atoms with Crippen LogP contribution in [0, 0.1) is 0 Å². The molecule has 10 heteroatoms. The molecule has 3 aromatic heterocycles. The van der Waals surface area contributed by atoms with Crippen molar-refractivity contribution in [1.82, 2.24) is 19.2 Å². The monoisotopic (exact) mass is 500 g/mol. The van der Waals surface area contributed by atoms with Gasteiger partial charge in [-0.25, -0.2) is 0 Å². The maximum atomic E-state index is 13.3. The Kier molecular flexibility index (Phi) is 5.95. The van der Waals surface area contributed by atoms with E-state index in [0.29, 0.717) is 33.3 Å².